The van der Waals surface area contributed by atoms with Crippen LogP contribution in [-0.2, 0) is 0 Å². The molecule has 0 aliphatic heterocycles. The Bertz CT molecular complexity index is 214. The van der Waals surface area contributed by atoms with Crippen molar-refractivity contribution >= 4 is 18.4 Å². The summed E-state index contributed by atoms with van der Waals surface area (Å²) in [4.78, 5) is 0. The molecule has 0 amide bonds. The maximum atomic E-state index is 9.79. The van der Waals surface area contributed by atoms with E-state index >= 15 is 0 Å². The van der Waals surface area contributed by atoms with Gasteiger partial charge in [0.2, 0.25) is 0 Å². The van der Waals surface area contributed by atoms with E-state index < -0.39 is 18.4 Å². The van der Waals surface area contributed by atoms with E-state index in [-0.39, 0.29) is 6.10 Å². The van der Waals surface area contributed by atoms with Crippen LogP contribution in [-0.4, -0.2) is 29.6 Å². The molecule has 1 unspecified atom stereocenters. The molecule has 0 saturated heterocycles. The molecule has 0 aliphatic carbocycles. The molecule has 0 aromatic carbocycles. The van der Waals surface area contributed by atoms with Gasteiger partial charge < -0.3 is 0 Å². The normalized spacial score (nSPS) is 13.5. The van der Waals surface area contributed by atoms with Gasteiger partial charge >= 0.3 is 126 Å². The Morgan fingerprint density at radius 3 is 1.58 bits per heavy atom. The molecule has 0 heterocycles. The molecular formula is C17H36OSn. The molecule has 0 radical (unpaired) electrons. The van der Waals surface area contributed by atoms with E-state index in [9.17, 15) is 5.11 Å². The molecule has 1 nitrogen and oxygen atoms in total. The van der Waals surface area contributed by atoms with Gasteiger partial charge in [0, 0.05) is 0 Å². The molecule has 0 saturated carbocycles. The third-order valence-electron chi connectivity index (χ3n) is 4.37. The standard InChI is InChI=1S/C5H9O.3C4H9.Sn/c1-4(2)5(3)6;3*1-3-4-2;/h5-6H,1-2H2,3H3;3*1,3-4H2,2H3;. The van der Waals surface area contributed by atoms with E-state index in [4.69, 9.17) is 0 Å². The van der Waals surface area contributed by atoms with Gasteiger partial charge in [0.05, 0.1) is 0 Å². The van der Waals surface area contributed by atoms with Gasteiger partial charge in [0.25, 0.3) is 0 Å². The van der Waals surface area contributed by atoms with Crippen molar-refractivity contribution in [3.05, 3.63) is 12.2 Å². The van der Waals surface area contributed by atoms with Crippen molar-refractivity contribution in [2.75, 3.05) is 0 Å². The van der Waals surface area contributed by atoms with Crippen LogP contribution in [0.25, 0.3) is 0 Å². The third kappa shape index (κ3) is 8.39. The first kappa shape index (κ1) is 19.5. The zero-order chi connectivity index (χ0) is 14.7. The van der Waals surface area contributed by atoms with Crippen LogP contribution in [0.3, 0.4) is 0 Å². The molecule has 19 heavy (non-hydrogen) atoms. The fourth-order valence-corrected chi connectivity index (χ4v) is 19.6. The Morgan fingerprint density at radius 2 is 1.32 bits per heavy atom. The summed E-state index contributed by atoms with van der Waals surface area (Å²) in [5.41, 5.74) is 1.12. The Morgan fingerprint density at radius 1 is 0.947 bits per heavy atom. The molecule has 0 aromatic heterocycles. The van der Waals surface area contributed by atoms with Crippen molar-refractivity contribution in [3.8, 4) is 0 Å². The Labute approximate surface area is 125 Å². The SMILES string of the molecule is C=C([CH2][Sn]([CH2]CCC)([CH2]CCC)[CH2]CCC)C(C)O. The van der Waals surface area contributed by atoms with Gasteiger partial charge in [-0.25, -0.2) is 0 Å². The average Bonchev–Trinajstić information content (AvgIpc) is 2.40. The van der Waals surface area contributed by atoms with Gasteiger partial charge in [-0.2, -0.15) is 0 Å². The van der Waals surface area contributed by atoms with Gasteiger partial charge in [-0.3, -0.25) is 0 Å². The molecule has 1 atom stereocenters. The molecule has 0 spiro atoms. The predicted octanol–water partition coefficient (Wildman–Crippen LogP) is 5.77. The van der Waals surface area contributed by atoms with E-state index in [1.54, 1.807) is 0 Å². The summed E-state index contributed by atoms with van der Waals surface area (Å²) >= 11 is -2.08. The fourth-order valence-electron chi connectivity index (χ4n) is 2.92. The zero-order valence-corrected chi connectivity index (χ0v) is 16.7. The number of hydrogen-bond acceptors (Lipinski definition) is 1. The minimum atomic E-state index is -2.08. The van der Waals surface area contributed by atoms with Crippen LogP contribution in [0.5, 0.6) is 0 Å². The van der Waals surface area contributed by atoms with Crippen molar-refractivity contribution < 1.29 is 5.11 Å². The summed E-state index contributed by atoms with van der Waals surface area (Å²) in [5, 5.41) is 9.79. The monoisotopic (exact) mass is 376 g/mol. The molecule has 0 aromatic rings. The molecule has 114 valence electrons. The first-order valence-electron chi connectivity index (χ1n) is 8.37. The molecular weight excluding hydrogens is 339 g/mol. The van der Waals surface area contributed by atoms with Crippen molar-refractivity contribution in [2.45, 2.75) is 90.1 Å². The zero-order valence-electron chi connectivity index (χ0n) is 13.8. The van der Waals surface area contributed by atoms with Crippen LogP contribution in [0.1, 0.15) is 66.2 Å². The summed E-state index contributed by atoms with van der Waals surface area (Å²) in [6.07, 6.45) is 7.85. The summed E-state index contributed by atoms with van der Waals surface area (Å²) in [6.45, 7) is 13.0. The second-order valence-corrected chi connectivity index (χ2v) is 20.2. The number of aliphatic hydroxyl groups excluding tert-OH is 1. The van der Waals surface area contributed by atoms with Gasteiger partial charge in [0.1, 0.15) is 0 Å². The molecule has 1 N–H and O–H groups in total. The van der Waals surface area contributed by atoms with Crippen LogP contribution in [0.15, 0.2) is 12.2 Å². The topological polar surface area (TPSA) is 20.2 Å². The summed E-state index contributed by atoms with van der Waals surface area (Å²) < 4.78 is 5.76. The van der Waals surface area contributed by atoms with E-state index in [2.05, 4.69) is 27.4 Å². The van der Waals surface area contributed by atoms with E-state index in [0.717, 1.165) is 5.57 Å². The minimum absolute atomic E-state index is 0.305. The Kier molecular flexibility index (Phi) is 11.5. The first-order chi connectivity index (χ1) is 9.01. The molecule has 2 heteroatoms. The number of rotatable bonds is 12. The molecule has 0 fully saturated rings. The summed E-state index contributed by atoms with van der Waals surface area (Å²) in [6, 6.07) is 0. The molecule has 0 rings (SSSR count). The number of unbranched alkanes of at least 4 members (excludes halogenated alkanes) is 3. The van der Waals surface area contributed by atoms with Gasteiger partial charge in [-0.1, -0.05) is 0 Å². The van der Waals surface area contributed by atoms with Crippen molar-refractivity contribution in [1.82, 2.24) is 0 Å². The quantitative estimate of drug-likeness (QED) is 0.339. The van der Waals surface area contributed by atoms with Crippen molar-refractivity contribution in [1.29, 1.82) is 0 Å². The van der Waals surface area contributed by atoms with Crippen LogP contribution in [0.4, 0.5) is 0 Å². The fraction of sp³-hybridized carbons (Fsp3) is 0.882. The summed E-state index contributed by atoms with van der Waals surface area (Å²) in [7, 11) is 0. The maximum absolute atomic E-state index is 9.79. The Balaban J connectivity index is 4.80. The van der Waals surface area contributed by atoms with E-state index in [1.807, 2.05) is 6.92 Å². The van der Waals surface area contributed by atoms with Crippen LogP contribution in [0, 0.1) is 0 Å². The van der Waals surface area contributed by atoms with Crippen LogP contribution >= 0.6 is 0 Å². The van der Waals surface area contributed by atoms with E-state index in [0.29, 0.717) is 0 Å². The molecule has 0 aliphatic rings. The van der Waals surface area contributed by atoms with Gasteiger partial charge in [-0.15, -0.1) is 0 Å². The van der Waals surface area contributed by atoms with Gasteiger partial charge in [0.15, 0.2) is 0 Å². The number of hydrogen-bond donors (Lipinski definition) is 1. The third-order valence-corrected chi connectivity index (χ3v) is 19.9. The Hall–Kier alpha value is 0.499. The second-order valence-electron chi connectivity index (χ2n) is 6.32. The molecule has 0 bridgehead atoms. The predicted molar refractivity (Wildman–Crippen MR) is 90.5 cm³/mol. The van der Waals surface area contributed by atoms with Crippen molar-refractivity contribution in [3.63, 3.8) is 0 Å². The van der Waals surface area contributed by atoms with Crippen LogP contribution in [0.2, 0.25) is 17.7 Å². The second kappa shape index (κ2) is 11.2. The first-order valence-corrected chi connectivity index (χ1v) is 16.4. The van der Waals surface area contributed by atoms with E-state index in [1.165, 1.54) is 56.3 Å². The van der Waals surface area contributed by atoms with Crippen LogP contribution < -0.4 is 0 Å². The van der Waals surface area contributed by atoms with Crippen molar-refractivity contribution in [2.24, 2.45) is 0 Å². The summed E-state index contributed by atoms with van der Waals surface area (Å²) in [5.74, 6) is 0. The average molecular weight is 375 g/mol. The van der Waals surface area contributed by atoms with Gasteiger partial charge in [-0.05, 0) is 0 Å². The number of aliphatic hydroxyl groups is 1.